The van der Waals surface area contributed by atoms with Crippen molar-refractivity contribution in [2.24, 2.45) is 23.7 Å². The van der Waals surface area contributed by atoms with E-state index in [1.807, 2.05) is 6.92 Å². The molecule has 4 heterocycles. The van der Waals surface area contributed by atoms with Crippen LogP contribution in [0.15, 0.2) is 0 Å². The Kier molecular flexibility index (Phi) is 4.43. The number of hydrogen-bond acceptors (Lipinski definition) is 6. The Morgan fingerprint density at radius 1 is 1.12 bits per heavy atom. The van der Waals surface area contributed by atoms with Crippen LogP contribution in [0, 0.1) is 23.7 Å². The van der Waals surface area contributed by atoms with E-state index in [0.29, 0.717) is 30.8 Å². The lowest BCUT2D eigenvalue weighted by Crippen LogP contribution is -2.70. The second-order valence-corrected chi connectivity index (χ2v) is 8.22. The minimum absolute atomic E-state index is 0.128. The van der Waals surface area contributed by atoms with E-state index in [9.17, 15) is 0 Å². The zero-order valence-electron chi connectivity index (χ0n) is 14.9. The number of aliphatic hydroxyl groups is 1. The number of hydrogen-bond donors (Lipinski definition) is 1. The van der Waals surface area contributed by atoms with Crippen molar-refractivity contribution < 1.29 is 29.1 Å². The molecule has 4 saturated heterocycles. The Bertz CT molecular complexity index is 472. The lowest BCUT2D eigenvalue weighted by molar-refractivity contribution is -0.577. The van der Waals surface area contributed by atoms with Crippen molar-refractivity contribution in [1.82, 2.24) is 0 Å². The van der Waals surface area contributed by atoms with Gasteiger partial charge in [-0.3, -0.25) is 0 Å². The fraction of sp³-hybridized carbons (Fsp3) is 1.00. The number of rotatable bonds is 4. The Morgan fingerprint density at radius 3 is 2.75 bits per heavy atom. The maximum Gasteiger partial charge on any atom is 0.201 e. The lowest BCUT2D eigenvalue weighted by atomic mass is 9.58. The Labute approximate surface area is 143 Å². The Balaban J connectivity index is 1.64. The molecule has 5 fully saturated rings. The van der Waals surface area contributed by atoms with Crippen LogP contribution in [0.4, 0.5) is 0 Å². The van der Waals surface area contributed by atoms with E-state index in [1.54, 1.807) is 0 Å². The number of fused-ring (bicyclic) bond motifs is 2. The third-order valence-corrected chi connectivity index (χ3v) is 6.68. The van der Waals surface area contributed by atoms with Gasteiger partial charge in [-0.2, -0.15) is 0 Å². The first kappa shape index (κ1) is 17.2. The van der Waals surface area contributed by atoms with E-state index >= 15 is 0 Å². The average Bonchev–Trinajstić information content (AvgIpc) is 2.78. The fourth-order valence-electron chi connectivity index (χ4n) is 5.33. The quantitative estimate of drug-likeness (QED) is 0.626. The molecule has 8 atom stereocenters. The van der Waals surface area contributed by atoms with E-state index in [2.05, 4.69) is 13.8 Å². The maximum atomic E-state index is 8.99. The maximum absolute atomic E-state index is 8.99. The van der Waals surface area contributed by atoms with Crippen LogP contribution in [0.5, 0.6) is 0 Å². The molecule has 5 aliphatic rings. The van der Waals surface area contributed by atoms with Crippen LogP contribution in [0.3, 0.4) is 0 Å². The summed E-state index contributed by atoms with van der Waals surface area (Å²) in [6, 6.07) is 0. The van der Waals surface area contributed by atoms with Crippen LogP contribution in [0.1, 0.15) is 52.9 Å². The van der Waals surface area contributed by atoms with Crippen LogP contribution < -0.4 is 0 Å². The molecule has 1 saturated carbocycles. The SMILES string of the molecule is C[C@H]1[C@@H](OCCCO)O[C@@H]2O[C@@]3(C)CC[C@H]4[C@H](C)CC[C@@H]1[C@@]24OO3. The molecule has 1 aliphatic carbocycles. The summed E-state index contributed by atoms with van der Waals surface area (Å²) in [5.41, 5.74) is -0.524. The van der Waals surface area contributed by atoms with Crippen LogP contribution in [0.25, 0.3) is 0 Å². The normalized spacial score (nSPS) is 53.5. The van der Waals surface area contributed by atoms with Crippen molar-refractivity contribution in [1.29, 1.82) is 0 Å². The van der Waals surface area contributed by atoms with Gasteiger partial charge in [0.2, 0.25) is 5.79 Å². The number of aliphatic hydroxyl groups excluding tert-OH is 1. The minimum Gasteiger partial charge on any atom is -0.396 e. The van der Waals surface area contributed by atoms with Gasteiger partial charge in [0.1, 0.15) is 0 Å². The van der Waals surface area contributed by atoms with Gasteiger partial charge >= 0.3 is 0 Å². The topological polar surface area (TPSA) is 66.4 Å². The molecule has 0 radical (unpaired) electrons. The van der Waals surface area contributed by atoms with Crippen molar-refractivity contribution in [3.8, 4) is 0 Å². The highest BCUT2D eigenvalue weighted by atomic mass is 17.3. The van der Waals surface area contributed by atoms with Gasteiger partial charge in [0.05, 0.1) is 6.61 Å². The highest BCUT2D eigenvalue weighted by Gasteiger charge is 2.69. The molecule has 2 bridgehead atoms. The van der Waals surface area contributed by atoms with Crippen LogP contribution in [-0.4, -0.2) is 42.3 Å². The van der Waals surface area contributed by atoms with E-state index in [0.717, 1.165) is 19.3 Å². The summed E-state index contributed by atoms with van der Waals surface area (Å²) in [7, 11) is 0. The summed E-state index contributed by atoms with van der Waals surface area (Å²) >= 11 is 0. The zero-order valence-corrected chi connectivity index (χ0v) is 14.9. The van der Waals surface area contributed by atoms with Gasteiger partial charge in [0.15, 0.2) is 18.2 Å². The first-order valence-corrected chi connectivity index (χ1v) is 9.43. The Hall–Kier alpha value is -0.240. The van der Waals surface area contributed by atoms with Gasteiger partial charge in [0, 0.05) is 24.9 Å². The summed E-state index contributed by atoms with van der Waals surface area (Å²) in [5.74, 6) is 0.697. The van der Waals surface area contributed by atoms with Gasteiger partial charge in [-0.1, -0.05) is 13.8 Å². The highest BCUT2D eigenvalue weighted by molar-refractivity contribution is 5.09. The molecular formula is C18H30O6. The van der Waals surface area contributed by atoms with Crippen LogP contribution >= 0.6 is 0 Å². The molecule has 5 rings (SSSR count). The molecule has 1 spiro atoms. The second kappa shape index (κ2) is 6.18. The molecule has 4 aliphatic heterocycles. The van der Waals surface area contributed by atoms with Crippen LogP contribution in [-0.2, 0) is 24.0 Å². The predicted octanol–water partition coefficient (Wildman–Crippen LogP) is 2.59. The summed E-state index contributed by atoms with van der Waals surface area (Å²) in [6.45, 7) is 7.04. The van der Waals surface area contributed by atoms with Crippen molar-refractivity contribution in [2.75, 3.05) is 13.2 Å². The summed E-state index contributed by atoms with van der Waals surface area (Å²) in [6.07, 6.45) is 3.96. The summed E-state index contributed by atoms with van der Waals surface area (Å²) in [4.78, 5) is 11.9. The van der Waals surface area contributed by atoms with E-state index in [4.69, 9.17) is 29.1 Å². The molecule has 138 valence electrons. The van der Waals surface area contributed by atoms with Crippen LogP contribution in [0.2, 0.25) is 0 Å². The molecule has 6 nitrogen and oxygen atoms in total. The molecule has 24 heavy (non-hydrogen) atoms. The van der Waals surface area contributed by atoms with Gasteiger partial charge in [-0.15, -0.1) is 0 Å². The smallest absolute Gasteiger partial charge is 0.201 e. The monoisotopic (exact) mass is 342 g/mol. The molecular weight excluding hydrogens is 312 g/mol. The zero-order chi connectivity index (χ0) is 16.9. The molecule has 6 heteroatoms. The number of ether oxygens (including phenoxy) is 3. The molecule has 0 amide bonds. The van der Waals surface area contributed by atoms with E-state index < -0.39 is 17.7 Å². The van der Waals surface area contributed by atoms with Crippen molar-refractivity contribution in [2.45, 2.75) is 76.8 Å². The average molecular weight is 342 g/mol. The first-order chi connectivity index (χ1) is 11.5. The van der Waals surface area contributed by atoms with Gasteiger partial charge in [0.25, 0.3) is 0 Å². The molecule has 0 aromatic heterocycles. The molecule has 1 N–H and O–H groups in total. The molecule has 0 aromatic carbocycles. The highest BCUT2D eigenvalue weighted by Crippen LogP contribution is 2.60. The molecule has 0 unspecified atom stereocenters. The second-order valence-electron chi connectivity index (χ2n) is 8.22. The van der Waals surface area contributed by atoms with Crippen molar-refractivity contribution in [3.05, 3.63) is 0 Å². The van der Waals surface area contributed by atoms with Crippen molar-refractivity contribution in [3.63, 3.8) is 0 Å². The predicted molar refractivity (Wildman–Crippen MR) is 84.5 cm³/mol. The van der Waals surface area contributed by atoms with Gasteiger partial charge in [-0.05, 0) is 44.4 Å². The summed E-state index contributed by atoms with van der Waals surface area (Å²) in [5, 5.41) is 8.99. The fourth-order valence-corrected chi connectivity index (χ4v) is 5.33. The first-order valence-electron chi connectivity index (χ1n) is 9.43. The molecule has 0 aromatic rings. The third kappa shape index (κ3) is 2.46. The van der Waals surface area contributed by atoms with Crippen molar-refractivity contribution >= 4 is 0 Å². The largest absolute Gasteiger partial charge is 0.396 e. The summed E-state index contributed by atoms with van der Waals surface area (Å²) < 4.78 is 18.5. The van der Waals surface area contributed by atoms with Gasteiger partial charge in [-0.25, -0.2) is 9.78 Å². The lowest BCUT2D eigenvalue weighted by Gasteiger charge is -2.60. The standard InChI is InChI=1S/C18H30O6/c1-11-5-6-14-12(2)15(20-10-4-9-19)21-16-18(14)13(11)7-8-17(3,22-16)23-24-18/h11-16,19H,4-10H2,1-3H3/t11-,12-,13+,14+,15+,16-,17-,18-/m1/s1. The minimum atomic E-state index is -0.742. The third-order valence-electron chi connectivity index (χ3n) is 6.68. The van der Waals surface area contributed by atoms with E-state index in [1.165, 1.54) is 6.42 Å². The van der Waals surface area contributed by atoms with E-state index in [-0.39, 0.29) is 18.8 Å². The Morgan fingerprint density at radius 2 is 1.96 bits per heavy atom. The van der Waals surface area contributed by atoms with Gasteiger partial charge < -0.3 is 19.3 Å².